The van der Waals surface area contributed by atoms with Crippen molar-refractivity contribution in [1.29, 1.82) is 0 Å². The standard InChI is InChI=1S/C19H25N3S/c1-14-4-6-16(20-13-14)15-5-7-18-17(12-15)21-19(23-18)8-11-22-9-2-3-10-22/h5,7,12,14H,2-4,6,8-11,13H2,1H3/t14-/m0/s1. The van der Waals surface area contributed by atoms with Gasteiger partial charge in [-0.25, -0.2) is 4.98 Å². The Balaban J connectivity index is 1.50. The number of hydrogen-bond acceptors (Lipinski definition) is 4. The van der Waals surface area contributed by atoms with E-state index in [0.29, 0.717) is 0 Å². The highest BCUT2D eigenvalue weighted by atomic mass is 32.1. The monoisotopic (exact) mass is 327 g/mol. The Morgan fingerprint density at radius 2 is 2.13 bits per heavy atom. The normalized spacial score (nSPS) is 22.7. The fourth-order valence-corrected chi connectivity index (χ4v) is 4.51. The zero-order chi connectivity index (χ0) is 15.6. The van der Waals surface area contributed by atoms with Crippen molar-refractivity contribution in [2.75, 3.05) is 26.2 Å². The molecule has 0 saturated carbocycles. The molecular weight excluding hydrogens is 302 g/mol. The largest absolute Gasteiger partial charge is 0.303 e. The first-order chi connectivity index (χ1) is 11.3. The Morgan fingerprint density at radius 3 is 2.91 bits per heavy atom. The molecule has 1 atom stereocenters. The van der Waals surface area contributed by atoms with Gasteiger partial charge in [0.1, 0.15) is 0 Å². The van der Waals surface area contributed by atoms with E-state index in [1.165, 1.54) is 53.3 Å². The zero-order valence-corrected chi connectivity index (χ0v) is 14.7. The third kappa shape index (κ3) is 3.48. The maximum Gasteiger partial charge on any atom is 0.0951 e. The second-order valence-corrected chi connectivity index (χ2v) is 8.14. The van der Waals surface area contributed by atoms with Crippen molar-refractivity contribution in [1.82, 2.24) is 9.88 Å². The van der Waals surface area contributed by atoms with E-state index in [4.69, 9.17) is 9.98 Å². The molecule has 0 bridgehead atoms. The molecule has 4 heteroatoms. The van der Waals surface area contributed by atoms with Gasteiger partial charge in [-0.05, 0) is 62.4 Å². The lowest BCUT2D eigenvalue weighted by Gasteiger charge is -2.17. The van der Waals surface area contributed by atoms with Gasteiger partial charge in [-0.1, -0.05) is 13.0 Å². The fourth-order valence-electron chi connectivity index (χ4n) is 3.58. The van der Waals surface area contributed by atoms with Crippen molar-refractivity contribution < 1.29 is 0 Å². The molecule has 4 rings (SSSR count). The Morgan fingerprint density at radius 1 is 1.26 bits per heavy atom. The van der Waals surface area contributed by atoms with Gasteiger partial charge in [-0.3, -0.25) is 4.99 Å². The minimum Gasteiger partial charge on any atom is -0.303 e. The van der Waals surface area contributed by atoms with Gasteiger partial charge in [0.15, 0.2) is 0 Å². The minimum absolute atomic E-state index is 0.735. The van der Waals surface area contributed by atoms with E-state index >= 15 is 0 Å². The summed E-state index contributed by atoms with van der Waals surface area (Å²) < 4.78 is 1.31. The molecule has 2 aliphatic rings. The van der Waals surface area contributed by atoms with E-state index in [2.05, 4.69) is 30.0 Å². The molecule has 23 heavy (non-hydrogen) atoms. The summed E-state index contributed by atoms with van der Waals surface area (Å²) in [4.78, 5) is 12.2. The molecule has 0 radical (unpaired) electrons. The van der Waals surface area contributed by atoms with E-state index in [1.54, 1.807) is 0 Å². The average Bonchev–Trinajstić information content (AvgIpc) is 3.22. The number of fused-ring (bicyclic) bond motifs is 1. The Bertz CT molecular complexity index is 712. The molecular formula is C19H25N3S. The number of aliphatic imine (C=N–C) groups is 1. The minimum atomic E-state index is 0.735. The van der Waals surface area contributed by atoms with Crippen LogP contribution >= 0.6 is 11.3 Å². The first-order valence-corrected chi connectivity index (χ1v) is 9.75. The van der Waals surface area contributed by atoms with Crippen LogP contribution in [0.5, 0.6) is 0 Å². The van der Waals surface area contributed by atoms with Crippen LogP contribution in [0.15, 0.2) is 23.2 Å². The molecule has 1 saturated heterocycles. The van der Waals surface area contributed by atoms with Crippen molar-refractivity contribution in [2.45, 2.75) is 39.0 Å². The van der Waals surface area contributed by atoms with Gasteiger partial charge in [-0.2, -0.15) is 0 Å². The molecule has 3 heterocycles. The van der Waals surface area contributed by atoms with Gasteiger partial charge in [0, 0.05) is 25.2 Å². The molecule has 2 aliphatic heterocycles. The van der Waals surface area contributed by atoms with Crippen LogP contribution in [0.25, 0.3) is 10.2 Å². The highest BCUT2D eigenvalue weighted by molar-refractivity contribution is 7.18. The number of rotatable bonds is 4. The van der Waals surface area contributed by atoms with Crippen molar-refractivity contribution in [3.8, 4) is 0 Å². The van der Waals surface area contributed by atoms with E-state index in [-0.39, 0.29) is 0 Å². The van der Waals surface area contributed by atoms with Crippen molar-refractivity contribution in [2.24, 2.45) is 10.9 Å². The van der Waals surface area contributed by atoms with Gasteiger partial charge in [0.05, 0.1) is 15.2 Å². The maximum absolute atomic E-state index is 4.88. The summed E-state index contributed by atoms with van der Waals surface area (Å²) in [6, 6.07) is 6.72. The van der Waals surface area contributed by atoms with Crippen LogP contribution in [0.4, 0.5) is 0 Å². The Labute approximate surface area is 142 Å². The third-order valence-electron chi connectivity index (χ3n) is 5.07. The summed E-state index contributed by atoms with van der Waals surface area (Å²) in [6.07, 6.45) is 6.19. The molecule has 1 fully saturated rings. The molecule has 0 aliphatic carbocycles. The quantitative estimate of drug-likeness (QED) is 0.844. The molecule has 122 valence electrons. The van der Waals surface area contributed by atoms with Gasteiger partial charge in [-0.15, -0.1) is 11.3 Å². The van der Waals surface area contributed by atoms with Crippen LogP contribution in [-0.2, 0) is 6.42 Å². The summed E-state index contributed by atoms with van der Waals surface area (Å²) in [7, 11) is 0. The molecule has 3 nitrogen and oxygen atoms in total. The Kier molecular flexibility index (Phi) is 4.45. The highest BCUT2D eigenvalue weighted by Gasteiger charge is 2.15. The SMILES string of the molecule is C[C@H]1CCC(c2ccc3sc(CCN4CCCC4)nc3c2)=NC1. The van der Waals surface area contributed by atoms with Crippen molar-refractivity contribution in [3.05, 3.63) is 28.8 Å². The van der Waals surface area contributed by atoms with Crippen molar-refractivity contribution in [3.63, 3.8) is 0 Å². The fraction of sp³-hybridized carbons (Fsp3) is 0.579. The van der Waals surface area contributed by atoms with Gasteiger partial charge in [0.25, 0.3) is 0 Å². The Hall–Kier alpha value is -1.26. The lowest BCUT2D eigenvalue weighted by molar-refractivity contribution is 0.343. The first kappa shape index (κ1) is 15.3. The van der Waals surface area contributed by atoms with Crippen LogP contribution in [0.3, 0.4) is 0 Å². The van der Waals surface area contributed by atoms with Gasteiger partial charge in [0.2, 0.25) is 0 Å². The summed E-state index contributed by atoms with van der Waals surface area (Å²) >= 11 is 1.86. The van der Waals surface area contributed by atoms with E-state index in [1.807, 2.05) is 11.3 Å². The average molecular weight is 327 g/mol. The first-order valence-electron chi connectivity index (χ1n) is 8.93. The van der Waals surface area contributed by atoms with Crippen LogP contribution < -0.4 is 0 Å². The maximum atomic E-state index is 4.88. The van der Waals surface area contributed by atoms with E-state index in [0.717, 1.165) is 37.4 Å². The smallest absolute Gasteiger partial charge is 0.0951 e. The summed E-state index contributed by atoms with van der Waals surface area (Å²) in [5.41, 5.74) is 3.71. The molecule has 0 spiro atoms. The lowest BCUT2D eigenvalue weighted by atomic mass is 9.96. The van der Waals surface area contributed by atoms with Crippen LogP contribution in [0, 0.1) is 5.92 Å². The molecule has 0 amide bonds. The molecule has 0 unspecified atom stereocenters. The van der Waals surface area contributed by atoms with Gasteiger partial charge >= 0.3 is 0 Å². The number of benzene rings is 1. The second-order valence-electron chi connectivity index (χ2n) is 7.02. The predicted octanol–water partition coefficient (Wildman–Crippen LogP) is 4.15. The molecule has 2 aromatic rings. The second kappa shape index (κ2) is 6.70. The van der Waals surface area contributed by atoms with Crippen LogP contribution in [0.2, 0.25) is 0 Å². The number of likely N-dealkylation sites (tertiary alicyclic amines) is 1. The summed E-state index contributed by atoms with van der Waals surface area (Å²) in [6.45, 7) is 6.97. The third-order valence-corrected chi connectivity index (χ3v) is 6.17. The number of thiazole rings is 1. The van der Waals surface area contributed by atoms with E-state index < -0.39 is 0 Å². The lowest BCUT2D eigenvalue weighted by Crippen LogP contribution is -2.21. The predicted molar refractivity (Wildman–Crippen MR) is 98.8 cm³/mol. The number of nitrogens with zero attached hydrogens (tertiary/aromatic N) is 3. The van der Waals surface area contributed by atoms with Crippen molar-refractivity contribution >= 4 is 27.3 Å². The van der Waals surface area contributed by atoms with Gasteiger partial charge < -0.3 is 4.90 Å². The summed E-state index contributed by atoms with van der Waals surface area (Å²) in [5, 5.41) is 1.28. The topological polar surface area (TPSA) is 28.5 Å². The number of hydrogen-bond donors (Lipinski definition) is 0. The van der Waals surface area contributed by atoms with Crippen LogP contribution in [-0.4, -0.2) is 41.8 Å². The zero-order valence-electron chi connectivity index (χ0n) is 13.9. The van der Waals surface area contributed by atoms with E-state index in [9.17, 15) is 0 Å². The molecule has 0 N–H and O–H groups in total. The highest BCUT2D eigenvalue weighted by Crippen LogP contribution is 2.26. The van der Waals surface area contributed by atoms with Crippen LogP contribution in [0.1, 0.15) is 43.2 Å². The number of aromatic nitrogens is 1. The molecule has 1 aromatic carbocycles. The summed E-state index contributed by atoms with van der Waals surface area (Å²) in [5.74, 6) is 0.735. The molecule has 1 aromatic heterocycles.